The number of esters is 1. The smallest absolute Gasteiger partial charge is 0.342 e. The van der Waals surface area contributed by atoms with Crippen molar-refractivity contribution in [2.24, 2.45) is 11.8 Å². The second kappa shape index (κ2) is 8.41. The number of carbonyl (C=O) groups is 2. The van der Waals surface area contributed by atoms with Crippen LogP contribution in [0, 0.1) is 11.8 Å². The molecule has 5 nitrogen and oxygen atoms in total. The van der Waals surface area contributed by atoms with Gasteiger partial charge in [-0.25, -0.2) is 4.79 Å². The number of phenolic OH excluding ortho intramolecular Hbond substituents is 2. The van der Waals surface area contributed by atoms with E-state index >= 15 is 0 Å². The minimum Gasteiger partial charge on any atom is -0.507 e. The standard InChI is InChI=1S/C20H23ClO5/c1-11-6-4-5-7-14(22)9-15-18(16(23)10-17(24)19(15)21)20(25)26-13(3)8-12(11)2/h4-7,10-13,23-24H,8-9H2,1-3H3/b6-4-,7-5+/t11-,12-,13-/m1/s1. The van der Waals surface area contributed by atoms with E-state index in [0.29, 0.717) is 6.42 Å². The first-order valence-corrected chi connectivity index (χ1v) is 8.90. The summed E-state index contributed by atoms with van der Waals surface area (Å²) in [6, 6.07) is 0.976. The minimum absolute atomic E-state index is 0.0541. The lowest BCUT2D eigenvalue weighted by Crippen LogP contribution is -2.21. The fourth-order valence-electron chi connectivity index (χ4n) is 2.93. The summed E-state index contributed by atoms with van der Waals surface area (Å²) in [6.45, 7) is 5.89. The van der Waals surface area contributed by atoms with Crippen LogP contribution in [-0.2, 0) is 16.0 Å². The number of fused-ring (bicyclic) bond motifs is 1. The van der Waals surface area contributed by atoms with Gasteiger partial charge in [-0.05, 0) is 31.3 Å². The third-order valence-electron chi connectivity index (χ3n) is 4.59. The highest BCUT2D eigenvalue weighted by atomic mass is 35.5. The van der Waals surface area contributed by atoms with Gasteiger partial charge in [-0.2, -0.15) is 0 Å². The monoisotopic (exact) mass is 378 g/mol. The lowest BCUT2D eigenvalue weighted by atomic mass is 9.90. The molecule has 1 aromatic rings. The molecular weight excluding hydrogens is 356 g/mol. The van der Waals surface area contributed by atoms with Gasteiger partial charge in [-0.3, -0.25) is 4.79 Å². The molecule has 0 fully saturated rings. The van der Waals surface area contributed by atoms with Gasteiger partial charge in [-0.1, -0.05) is 43.7 Å². The quantitative estimate of drug-likeness (QED) is 0.661. The van der Waals surface area contributed by atoms with Crippen LogP contribution in [0.5, 0.6) is 11.5 Å². The zero-order valence-corrected chi connectivity index (χ0v) is 15.8. The van der Waals surface area contributed by atoms with Crippen molar-refractivity contribution in [3.05, 3.63) is 46.5 Å². The number of ether oxygens (including phenoxy) is 1. The summed E-state index contributed by atoms with van der Waals surface area (Å²) in [7, 11) is 0. The maximum atomic E-state index is 12.6. The Labute approximate surface area is 157 Å². The third-order valence-corrected chi connectivity index (χ3v) is 5.02. The molecule has 0 aliphatic carbocycles. The Balaban J connectivity index is 2.51. The van der Waals surface area contributed by atoms with Crippen molar-refractivity contribution in [2.45, 2.75) is 39.7 Å². The van der Waals surface area contributed by atoms with Gasteiger partial charge in [0, 0.05) is 18.1 Å². The Morgan fingerprint density at radius 1 is 1.12 bits per heavy atom. The molecule has 0 bridgehead atoms. The molecule has 0 saturated heterocycles. The molecule has 0 amide bonds. The molecule has 1 heterocycles. The van der Waals surface area contributed by atoms with Crippen LogP contribution in [0.2, 0.25) is 5.02 Å². The first-order chi connectivity index (χ1) is 12.2. The highest BCUT2D eigenvalue weighted by Crippen LogP contribution is 2.37. The van der Waals surface area contributed by atoms with E-state index in [9.17, 15) is 19.8 Å². The molecule has 6 heteroatoms. The van der Waals surface area contributed by atoms with Gasteiger partial charge in [0.2, 0.25) is 0 Å². The molecule has 1 aliphatic heterocycles. The molecule has 0 saturated carbocycles. The Morgan fingerprint density at radius 2 is 1.81 bits per heavy atom. The number of cyclic esters (lactones) is 1. The molecule has 0 radical (unpaired) electrons. The summed E-state index contributed by atoms with van der Waals surface area (Å²) >= 11 is 6.08. The molecule has 0 unspecified atom stereocenters. The number of rotatable bonds is 0. The van der Waals surface area contributed by atoms with Crippen molar-refractivity contribution < 1.29 is 24.5 Å². The summed E-state index contributed by atoms with van der Waals surface area (Å²) in [5, 5.41) is 19.8. The third kappa shape index (κ3) is 4.67. The zero-order chi connectivity index (χ0) is 19.4. The number of benzene rings is 1. The Bertz CT molecular complexity index is 766. The van der Waals surface area contributed by atoms with Crippen LogP contribution in [-0.4, -0.2) is 28.1 Å². The van der Waals surface area contributed by atoms with Crippen molar-refractivity contribution in [3.63, 3.8) is 0 Å². The molecule has 26 heavy (non-hydrogen) atoms. The van der Waals surface area contributed by atoms with Crippen LogP contribution in [0.3, 0.4) is 0 Å². The van der Waals surface area contributed by atoms with Crippen molar-refractivity contribution in [1.29, 1.82) is 0 Å². The lowest BCUT2D eigenvalue weighted by molar-refractivity contribution is -0.114. The number of hydrogen-bond acceptors (Lipinski definition) is 5. The van der Waals surface area contributed by atoms with Gasteiger partial charge in [0.1, 0.15) is 17.1 Å². The van der Waals surface area contributed by atoms with E-state index in [4.69, 9.17) is 16.3 Å². The van der Waals surface area contributed by atoms with Crippen molar-refractivity contribution in [1.82, 2.24) is 0 Å². The Kier molecular flexibility index (Phi) is 6.48. The average molecular weight is 379 g/mol. The van der Waals surface area contributed by atoms with Gasteiger partial charge >= 0.3 is 5.97 Å². The van der Waals surface area contributed by atoms with E-state index in [-0.39, 0.29) is 46.3 Å². The predicted molar refractivity (Wildman–Crippen MR) is 99.6 cm³/mol. The fraction of sp³-hybridized carbons (Fsp3) is 0.400. The minimum atomic E-state index is -0.767. The predicted octanol–water partition coefficient (Wildman–Crippen LogP) is 4.20. The summed E-state index contributed by atoms with van der Waals surface area (Å²) in [5.74, 6) is -1.46. The van der Waals surface area contributed by atoms with Crippen LogP contribution in [0.4, 0.5) is 0 Å². The molecule has 1 aromatic carbocycles. The molecule has 3 atom stereocenters. The first kappa shape index (κ1) is 20.0. The molecule has 2 N–H and O–H groups in total. The van der Waals surface area contributed by atoms with E-state index in [0.717, 1.165) is 6.07 Å². The van der Waals surface area contributed by atoms with Crippen molar-refractivity contribution >= 4 is 23.4 Å². The van der Waals surface area contributed by atoms with Gasteiger partial charge in [0.15, 0.2) is 5.78 Å². The van der Waals surface area contributed by atoms with Crippen LogP contribution >= 0.6 is 11.6 Å². The summed E-state index contributed by atoms with van der Waals surface area (Å²) in [6.07, 6.45) is 6.82. The molecule has 2 rings (SSSR count). The number of aromatic hydroxyl groups is 2. The highest BCUT2D eigenvalue weighted by Gasteiger charge is 2.26. The van der Waals surface area contributed by atoms with E-state index in [1.54, 1.807) is 13.0 Å². The lowest BCUT2D eigenvalue weighted by Gasteiger charge is -2.22. The van der Waals surface area contributed by atoms with Gasteiger partial charge < -0.3 is 14.9 Å². The van der Waals surface area contributed by atoms with Gasteiger partial charge in [-0.15, -0.1) is 0 Å². The van der Waals surface area contributed by atoms with Gasteiger partial charge in [0.25, 0.3) is 0 Å². The van der Waals surface area contributed by atoms with Crippen molar-refractivity contribution in [3.8, 4) is 11.5 Å². The number of phenols is 2. The van der Waals surface area contributed by atoms with Crippen LogP contribution < -0.4 is 0 Å². The van der Waals surface area contributed by atoms with E-state index in [1.807, 2.05) is 12.2 Å². The van der Waals surface area contributed by atoms with Crippen LogP contribution in [0.25, 0.3) is 0 Å². The number of ketones is 1. The summed E-state index contributed by atoms with van der Waals surface area (Å²) in [4.78, 5) is 24.8. The normalized spacial score (nSPS) is 27.2. The molecule has 0 spiro atoms. The largest absolute Gasteiger partial charge is 0.507 e. The molecule has 140 valence electrons. The Morgan fingerprint density at radius 3 is 2.50 bits per heavy atom. The van der Waals surface area contributed by atoms with E-state index < -0.39 is 17.5 Å². The maximum Gasteiger partial charge on any atom is 0.342 e. The number of hydrogen-bond donors (Lipinski definition) is 2. The molecular formula is C20H23ClO5. The zero-order valence-electron chi connectivity index (χ0n) is 15.0. The number of halogens is 1. The average Bonchev–Trinajstić information content (AvgIpc) is 2.54. The Hall–Kier alpha value is -2.27. The SMILES string of the molecule is C[C@@H]1C[C@@H](C)[C@H](C)/C=C\C=C\C(=O)Cc2c(Cl)c(O)cc(O)c2C(=O)O1. The summed E-state index contributed by atoms with van der Waals surface area (Å²) < 4.78 is 5.46. The molecule has 0 aromatic heterocycles. The second-order valence-electron chi connectivity index (χ2n) is 6.76. The maximum absolute atomic E-state index is 12.6. The van der Waals surface area contributed by atoms with E-state index in [2.05, 4.69) is 13.8 Å². The van der Waals surface area contributed by atoms with Gasteiger partial charge in [0.05, 0.1) is 11.1 Å². The highest BCUT2D eigenvalue weighted by molar-refractivity contribution is 6.33. The first-order valence-electron chi connectivity index (χ1n) is 8.52. The summed E-state index contributed by atoms with van der Waals surface area (Å²) in [5.41, 5.74) is -0.131. The van der Waals surface area contributed by atoms with Crippen LogP contribution in [0.1, 0.15) is 43.1 Å². The second-order valence-corrected chi connectivity index (χ2v) is 7.14. The number of allylic oxidation sites excluding steroid dienone is 4. The van der Waals surface area contributed by atoms with E-state index in [1.165, 1.54) is 6.08 Å². The van der Waals surface area contributed by atoms with Crippen LogP contribution in [0.15, 0.2) is 30.4 Å². The number of carbonyl (C=O) groups excluding carboxylic acids is 2. The topological polar surface area (TPSA) is 83.8 Å². The fourth-order valence-corrected chi connectivity index (χ4v) is 3.15. The molecule has 1 aliphatic rings. The van der Waals surface area contributed by atoms with Crippen molar-refractivity contribution in [2.75, 3.05) is 0 Å².